The lowest BCUT2D eigenvalue weighted by Gasteiger charge is -2.36. The molecule has 6 nitrogen and oxygen atoms in total. The Labute approximate surface area is 181 Å². The Kier molecular flexibility index (Phi) is 7.02. The molecular formula is C23H30N4O2S. The van der Waals surface area contributed by atoms with Crippen molar-refractivity contribution in [3.63, 3.8) is 0 Å². The maximum Gasteiger partial charge on any atom is 0.270 e. The average molecular weight is 427 g/mol. The summed E-state index contributed by atoms with van der Waals surface area (Å²) in [6.07, 6.45) is 7.19. The van der Waals surface area contributed by atoms with Gasteiger partial charge in [-0.1, -0.05) is 45.4 Å². The van der Waals surface area contributed by atoms with E-state index in [0.717, 1.165) is 47.7 Å². The Bertz CT molecular complexity index is 1010. The van der Waals surface area contributed by atoms with Crippen LogP contribution in [0.15, 0.2) is 52.4 Å². The number of non-ortho nitro benzene ring substituents is 1. The number of nitro benzene ring substituents is 1. The third-order valence-electron chi connectivity index (χ3n) is 6.21. The summed E-state index contributed by atoms with van der Waals surface area (Å²) in [4.78, 5) is 16.2. The highest BCUT2D eigenvalue weighted by Crippen LogP contribution is 2.39. The molecule has 0 N–H and O–H groups in total. The lowest BCUT2D eigenvalue weighted by molar-refractivity contribution is -0.384. The Hall–Kier alpha value is -2.54. The van der Waals surface area contributed by atoms with Crippen LogP contribution < -0.4 is 4.80 Å². The van der Waals surface area contributed by atoms with E-state index >= 15 is 0 Å². The fourth-order valence-electron chi connectivity index (χ4n) is 3.89. The van der Waals surface area contributed by atoms with Crippen molar-refractivity contribution in [2.75, 3.05) is 6.54 Å². The van der Waals surface area contributed by atoms with Crippen LogP contribution in [0.2, 0.25) is 0 Å². The Morgan fingerprint density at radius 2 is 2.10 bits per heavy atom. The molecule has 0 bridgehead atoms. The normalized spacial score (nSPS) is 17.8. The zero-order valence-corrected chi connectivity index (χ0v) is 18.8. The van der Waals surface area contributed by atoms with Crippen LogP contribution in [0.4, 0.5) is 5.69 Å². The summed E-state index contributed by atoms with van der Waals surface area (Å²) in [6.45, 7) is 11.2. The predicted octanol–water partition coefficient (Wildman–Crippen LogP) is 6.04. The highest BCUT2D eigenvalue weighted by atomic mass is 32.1. The average Bonchev–Trinajstić information content (AvgIpc) is 3.15. The first-order chi connectivity index (χ1) is 14.4. The number of aromatic nitrogens is 1. The molecule has 1 saturated carbocycles. The molecule has 2 aromatic rings. The summed E-state index contributed by atoms with van der Waals surface area (Å²) in [6, 6.07) is 6.69. The van der Waals surface area contributed by atoms with E-state index in [4.69, 9.17) is 5.10 Å². The van der Waals surface area contributed by atoms with E-state index in [-0.39, 0.29) is 10.6 Å². The van der Waals surface area contributed by atoms with Gasteiger partial charge in [0.25, 0.3) is 5.69 Å². The van der Waals surface area contributed by atoms with Gasteiger partial charge in [-0.25, -0.2) is 4.68 Å². The second-order valence-corrected chi connectivity index (χ2v) is 9.27. The molecule has 30 heavy (non-hydrogen) atoms. The predicted molar refractivity (Wildman–Crippen MR) is 124 cm³/mol. The third kappa shape index (κ3) is 4.95. The molecule has 1 aliphatic carbocycles. The molecule has 7 heteroatoms. The van der Waals surface area contributed by atoms with E-state index < -0.39 is 0 Å². The van der Waals surface area contributed by atoms with E-state index in [0.29, 0.717) is 12.0 Å². The van der Waals surface area contributed by atoms with Crippen molar-refractivity contribution in [2.24, 2.45) is 21.4 Å². The van der Waals surface area contributed by atoms with Gasteiger partial charge in [0, 0.05) is 28.8 Å². The Morgan fingerprint density at radius 3 is 2.73 bits per heavy atom. The minimum atomic E-state index is -0.369. The van der Waals surface area contributed by atoms with Gasteiger partial charge >= 0.3 is 0 Å². The minimum absolute atomic E-state index is 0.0739. The SMILES string of the molecule is C=CCN=c1scc(-c2cccc([N+](=O)[O-])c2)n1N=C1CCC(C(C)(C)CC)CC1. The van der Waals surface area contributed by atoms with Crippen LogP contribution in [0.3, 0.4) is 0 Å². The van der Waals surface area contributed by atoms with E-state index in [1.807, 2.05) is 16.1 Å². The highest BCUT2D eigenvalue weighted by molar-refractivity contribution is 7.07. The van der Waals surface area contributed by atoms with E-state index in [2.05, 4.69) is 32.3 Å². The smallest absolute Gasteiger partial charge is 0.258 e. The number of nitrogens with zero attached hydrogens (tertiary/aromatic N) is 4. The molecule has 1 aliphatic rings. The monoisotopic (exact) mass is 426 g/mol. The molecule has 0 amide bonds. The van der Waals surface area contributed by atoms with Crippen LogP contribution in [0.5, 0.6) is 0 Å². The molecule has 0 radical (unpaired) electrons. The van der Waals surface area contributed by atoms with Crippen molar-refractivity contribution >= 4 is 22.7 Å². The van der Waals surface area contributed by atoms with Gasteiger partial charge in [-0.3, -0.25) is 15.1 Å². The van der Waals surface area contributed by atoms with Crippen molar-refractivity contribution in [1.82, 2.24) is 4.68 Å². The zero-order valence-electron chi connectivity index (χ0n) is 18.0. The Morgan fingerprint density at radius 1 is 1.37 bits per heavy atom. The first-order valence-electron chi connectivity index (χ1n) is 10.5. The van der Waals surface area contributed by atoms with Crippen LogP contribution in [0.25, 0.3) is 11.3 Å². The standard InChI is InChI=1S/C23H30N4O2S/c1-5-14-24-22-26(25-19-12-10-18(11-13-19)23(3,4)6-2)21(16-30-22)17-8-7-9-20(15-17)27(28)29/h5,7-9,15-16,18H,1,6,10-14H2,2-4H3. The van der Waals surface area contributed by atoms with Gasteiger partial charge in [0.05, 0.1) is 17.2 Å². The molecule has 0 unspecified atom stereocenters. The van der Waals surface area contributed by atoms with E-state index in [1.54, 1.807) is 18.2 Å². The summed E-state index contributed by atoms with van der Waals surface area (Å²) in [5.74, 6) is 0.718. The van der Waals surface area contributed by atoms with Crippen molar-refractivity contribution in [1.29, 1.82) is 0 Å². The van der Waals surface area contributed by atoms with Gasteiger partial charge in [-0.15, -0.1) is 17.9 Å². The van der Waals surface area contributed by atoms with Gasteiger partial charge < -0.3 is 0 Å². The van der Waals surface area contributed by atoms with Crippen molar-refractivity contribution in [2.45, 2.75) is 52.9 Å². The third-order valence-corrected chi connectivity index (χ3v) is 7.07. The maximum atomic E-state index is 11.2. The first kappa shape index (κ1) is 22.2. The molecule has 1 aromatic heterocycles. The number of hydrogen-bond acceptors (Lipinski definition) is 5. The summed E-state index contributed by atoms with van der Waals surface area (Å²) in [5, 5.41) is 18.2. The van der Waals surface area contributed by atoms with E-state index in [1.165, 1.54) is 29.5 Å². The van der Waals surface area contributed by atoms with Crippen molar-refractivity contribution in [3.05, 3.63) is 57.2 Å². The van der Waals surface area contributed by atoms with Crippen molar-refractivity contribution < 1.29 is 4.92 Å². The molecule has 0 atom stereocenters. The second kappa shape index (κ2) is 9.51. The first-order valence-corrected chi connectivity index (χ1v) is 11.4. The molecule has 160 valence electrons. The molecule has 1 heterocycles. The quantitative estimate of drug-likeness (QED) is 0.307. The maximum absolute atomic E-state index is 11.2. The lowest BCUT2D eigenvalue weighted by atomic mass is 9.69. The van der Waals surface area contributed by atoms with Gasteiger partial charge in [-0.2, -0.15) is 5.10 Å². The highest BCUT2D eigenvalue weighted by Gasteiger charge is 2.30. The van der Waals surface area contributed by atoms with Gasteiger partial charge in [-0.05, 0) is 37.0 Å². The fourth-order valence-corrected chi connectivity index (χ4v) is 4.73. The van der Waals surface area contributed by atoms with Crippen LogP contribution in [-0.2, 0) is 0 Å². The van der Waals surface area contributed by atoms with Gasteiger partial charge in [0.1, 0.15) is 0 Å². The number of benzene rings is 1. The van der Waals surface area contributed by atoms with Crippen LogP contribution >= 0.6 is 11.3 Å². The summed E-state index contributed by atoms with van der Waals surface area (Å²) < 4.78 is 1.86. The molecule has 1 aromatic carbocycles. The number of rotatable bonds is 7. The number of thiazole rings is 1. The molecule has 0 saturated heterocycles. The van der Waals surface area contributed by atoms with Crippen LogP contribution in [0, 0.1) is 21.4 Å². The number of nitro groups is 1. The molecule has 0 aliphatic heterocycles. The molecule has 1 fully saturated rings. The largest absolute Gasteiger partial charge is 0.270 e. The van der Waals surface area contributed by atoms with Gasteiger partial charge in [0.2, 0.25) is 4.80 Å². The van der Waals surface area contributed by atoms with Gasteiger partial charge in [0.15, 0.2) is 0 Å². The Balaban J connectivity index is 1.97. The van der Waals surface area contributed by atoms with E-state index in [9.17, 15) is 10.1 Å². The summed E-state index contributed by atoms with van der Waals surface area (Å²) >= 11 is 1.49. The number of hydrogen-bond donors (Lipinski definition) is 0. The molecular weight excluding hydrogens is 396 g/mol. The second-order valence-electron chi connectivity index (χ2n) is 8.43. The van der Waals surface area contributed by atoms with Crippen LogP contribution in [-0.4, -0.2) is 21.9 Å². The van der Waals surface area contributed by atoms with Crippen LogP contribution in [0.1, 0.15) is 52.9 Å². The molecule has 3 rings (SSSR count). The topological polar surface area (TPSA) is 72.8 Å². The zero-order chi connectivity index (χ0) is 21.7. The fraction of sp³-hybridized carbons (Fsp3) is 0.478. The minimum Gasteiger partial charge on any atom is -0.258 e. The summed E-state index contributed by atoms with van der Waals surface area (Å²) in [5.41, 5.74) is 3.20. The lowest BCUT2D eigenvalue weighted by Crippen LogP contribution is -2.28. The summed E-state index contributed by atoms with van der Waals surface area (Å²) in [7, 11) is 0. The van der Waals surface area contributed by atoms with Crippen molar-refractivity contribution in [3.8, 4) is 11.3 Å². The molecule has 0 spiro atoms.